The van der Waals surface area contributed by atoms with Crippen LogP contribution in [0, 0.1) is 0 Å². The average molecular weight is 293 g/mol. The molecule has 0 radical (unpaired) electrons. The molecule has 2 aromatic rings. The number of nitrogens with zero attached hydrogens (tertiary/aromatic N) is 1. The molecule has 0 aliphatic heterocycles. The molecule has 0 atom stereocenters. The fraction of sp³-hybridized carbons (Fsp3) is 0. The summed E-state index contributed by atoms with van der Waals surface area (Å²) < 4.78 is 0. The highest BCUT2D eigenvalue weighted by Gasteiger charge is 2.03. The number of hydrogen-bond acceptors (Lipinski definition) is 2. The first-order valence-electron chi connectivity index (χ1n) is 5.50. The Kier molecular flexibility index (Phi) is 4.55. The Bertz CT molecular complexity index is 626. The van der Waals surface area contributed by atoms with Gasteiger partial charge in [-0.3, -0.25) is 4.79 Å². The largest absolute Gasteiger partial charge is 0.271 e. The zero-order valence-electron chi connectivity index (χ0n) is 9.81. The van der Waals surface area contributed by atoms with Crippen molar-refractivity contribution < 1.29 is 4.79 Å². The monoisotopic (exact) mass is 292 g/mol. The molecule has 0 saturated heterocycles. The fourth-order valence-corrected chi connectivity index (χ4v) is 1.84. The van der Waals surface area contributed by atoms with Crippen LogP contribution in [0.5, 0.6) is 0 Å². The van der Waals surface area contributed by atoms with Crippen molar-refractivity contribution in [2.24, 2.45) is 5.10 Å². The van der Waals surface area contributed by atoms with Crippen LogP contribution in [0.1, 0.15) is 15.9 Å². The van der Waals surface area contributed by atoms with Gasteiger partial charge >= 0.3 is 0 Å². The van der Waals surface area contributed by atoms with Crippen molar-refractivity contribution in [1.29, 1.82) is 0 Å². The molecule has 2 aromatic carbocycles. The van der Waals surface area contributed by atoms with Gasteiger partial charge in [-0.25, -0.2) is 5.43 Å². The molecule has 0 fully saturated rings. The summed E-state index contributed by atoms with van der Waals surface area (Å²) in [5.41, 5.74) is 3.68. The minimum Gasteiger partial charge on any atom is -0.267 e. The van der Waals surface area contributed by atoms with Gasteiger partial charge in [0.25, 0.3) is 5.91 Å². The number of hydrogen-bond donors (Lipinski definition) is 1. The van der Waals surface area contributed by atoms with Gasteiger partial charge in [-0.05, 0) is 35.9 Å². The summed E-state index contributed by atoms with van der Waals surface area (Å²) in [6.07, 6.45) is 1.52. The lowest BCUT2D eigenvalue weighted by Gasteiger charge is -2.00. The van der Waals surface area contributed by atoms with E-state index in [0.717, 1.165) is 5.56 Å². The van der Waals surface area contributed by atoms with Crippen molar-refractivity contribution in [3.05, 3.63) is 69.7 Å². The van der Waals surface area contributed by atoms with Crippen molar-refractivity contribution in [2.75, 3.05) is 0 Å². The lowest BCUT2D eigenvalue weighted by atomic mass is 10.2. The summed E-state index contributed by atoms with van der Waals surface area (Å²) in [7, 11) is 0. The van der Waals surface area contributed by atoms with Crippen molar-refractivity contribution in [2.45, 2.75) is 0 Å². The van der Waals surface area contributed by atoms with Crippen LogP contribution >= 0.6 is 23.2 Å². The first-order valence-corrected chi connectivity index (χ1v) is 6.25. The fourth-order valence-electron chi connectivity index (χ4n) is 1.45. The SMILES string of the molecule is O=C(NN=Cc1cccc(Cl)c1)c1cccc(Cl)c1. The van der Waals surface area contributed by atoms with Crippen LogP contribution in [0.15, 0.2) is 53.6 Å². The molecule has 0 aliphatic carbocycles. The number of halogens is 2. The van der Waals surface area contributed by atoms with Crippen LogP contribution in [0.2, 0.25) is 10.0 Å². The van der Waals surface area contributed by atoms with Crippen LogP contribution in [0.4, 0.5) is 0 Å². The second-order valence-electron chi connectivity index (χ2n) is 3.76. The zero-order valence-corrected chi connectivity index (χ0v) is 11.3. The summed E-state index contributed by atoms with van der Waals surface area (Å²) in [6, 6.07) is 13.8. The molecule has 0 unspecified atom stereocenters. The van der Waals surface area contributed by atoms with E-state index in [9.17, 15) is 4.79 Å². The molecule has 0 aromatic heterocycles. The maximum absolute atomic E-state index is 11.7. The summed E-state index contributed by atoms with van der Waals surface area (Å²) in [5, 5.41) is 4.98. The summed E-state index contributed by atoms with van der Waals surface area (Å²) in [4.78, 5) is 11.7. The van der Waals surface area contributed by atoms with Crippen molar-refractivity contribution >= 4 is 35.3 Å². The molecule has 0 spiro atoms. The van der Waals surface area contributed by atoms with E-state index in [4.69, 9.17) is 23.2 Å². The Labute approximate surface area is 120 Å². The van der Waals surface area contributed by atoms with Crippen LogP contribution in [0.25, 0.3) is 0 Å². The van der Waals surface area contributed by atoms with E-state index < -0.39 is 0 Å². The first-order chi connectivity index (χ1) is 9.15. The van der Waals surface area contributed by atoms with E-state index in [1.807, 2.05) is 12.1 Å². The highest BCUT2D eigenvalue weighted by atomic mass is 35.5. The average Bonchev–Trinajstić information content (AvgIpc) is 2.38. The van der Waals surface area contributed by atoms with Gasteiger partial charge < -0.3 is 0 Å². The third-order valence-corrected chi connectivity index (χ3v) is 2.79. The van der Waals surface area contributed by atoms with Gasteiger partial charge in [-0.15, -0.1) is 0 Å². The molecular weight excluding hydrogens is 283 g/mol. The third-order valence-electron chi connectivity index (χ3n) is 2.32. The summed E-state index contributed by atoms with van der Waals surface area (Å²) >= 11 is 11.6. The third kappa shape index (κ3) is 4.09. The molecule has 1 N–H and O–H groups in total. The van der Waals surface area contributed by atoms with Crippen LogP contribution < -0.4 is 5.43 Å². The van der Waals surface area contributed by atoms with E-state index in [1.54, 1.807) is 36.4 Å². The number of carbonyl (C=O) groups excluding carboxylic acids is 1. The number of carbonyl (C=O) groups is 1. The van der Waals surface area contributed by atoms with Crippen molar-refractivity contribution in [3.63, 3.8) is 0 Å². The minimum absolute atomic E-state index is 0.319. The number of benzene rings is 2. The predicted octanol–water partition coefficient (Wildman–Crippen LogP) is 3.76. The van der Waals surface area contributed by atoms with Crippen LogP contribution in [-0.4, -0.2) is 12.1 Å². The van der Waals surface area contributed by atoms with Gasteiger partial charge in [0.05, 0.1) is 6.21 Å². The zero-order chi connectivity index (χ0) is 13.7. The maximum Gasteiger partial charge on any atom is 0.271 e. The van der Waals surface area contributed by atoms with E-state index in [1.165, 1.54) is 6.21 Å². The van der Waals surface area contributed by atoms with Gasteiger partial charge in [0.1, 0.15) is 0 Å². The number of rotatable bonds is 3. The standard InChI is InChI=1S/C14H10Cl2N2O/c15-12-5-1-3-10(7-12)9-17-18-14(19)11-4-2-6-13(16)8-11/h1-9H,(H,18,19). The molecule has 0 saturated carbocycles. The molecule has 19 heavy (non-hydrogen) atoms. The molecule has 0 heterocycles. The predicted molar refractivity (Wildman–Crippen MR) is 78.0 cm³/mol. The summed E-state index contributed by atoms with van der Waals surface area (Å²) in [5.74, 6) is -0.319. The van der Waals surface area contributed by atoms with Gasteiger partial charge in [0.2, 0.25) is 0 Å². The van der Waals surface area contributed by atoms with Crippen LogP contribution in [-0.2, 0) is 0 Å². The molecule has 5 heteroatoms. The molecular formula is C14H10Cl2N2O. The van der Waals surface area contributed by atoms with E-state index in [2.05, 4.69) is 10.5 Å². The second-order valence-corrected chi connectivity index (χ2v) is 4.64. The topological polar surface area (TPSA) is 41.5 Å². The lowest BCUT2D eigenvalue weighted by Crippen LogP contribution is -2.17. The lowest BCUT2D eigenvalue weighted by molar-refractivity contribution is 0.0955. The first kappa shape index (κ1) is 13.6. The Balaban J connectivity index is 2.01. The molecule has 96 valence electrons. The summed E-state index contributed by atoms with van der Waals surface area (Å²) in [6.45, 7) is 0. The van der Waals surface area contributed by atoms with E-state index in [0.29, 0.717) is 15.6 Å². The molecule has 3 nitrogen and oxygen atoms in total. The molecule has 0 aliphatic rings. The second kappa shape index (κ2) is 6.36. The Morgan fingerprint density at radius 3 is 2.42 bits per heavy atom. The van der Waals surface area contributed by atoms with Crippen molar-refractivity contribution in [1.82, 2.24) is 5.43 Å². The quantitative estimate of drug-likeness (QED) is 0.679. The minimum atomic E-state index is -0.319. The molecule has 1 amide bonds. The number of nitrogens with one attached hydrogen (secondary N) is 1. The van der Waals surface area contributed by atoms with E-state index >= 15 is 0 Å². The normalized spacial score (nSPS) is 10.6. The van der Waals surface area contributed by atoms with Gasteiger partial charge in [-0.2, -0.15) is 5.10 Å². The van der Waals surface area contributed by atoms with Gasteiger partial charge in [0.15, 0.2) is 0 Å². The highest BCUT2D eigenvalue weighted by molar-refractivity contribution is 6.31. The molecule has 0 bridgehead atoms. The number of amides is 1. The Morgan fingerprint density at radius 2 is 1.74 bits per heavy atom. The Morgan fingerprint density at radius 1 is 1.05 bits per heavy atom. The van der Waals surface area contributed by atoms with E-state index in [-0.39, 0.29) is 5.91 Å². The van der Waals surface area contributed by atoms with Crippen LogP contribution in [0.3, 0.4) is 0 Å². The number of hydrazone groups is 1. The Hall–Kier alpha value is -1.84. The molecule has 2 rings (SSSR count). The smallest absolute Gasteiger partial charge is 0.267 e. The highest BCUT2D eigenvalue weighted by Crippen LogP contribution is 2.10. The van der Waals surface area contributed by atoms with Crippen molar-refractivity contribution in [3.8, 4) is 0 Å². The van der Waals surface area contributed by atoms with Gasteiger partial charge in [0, 0.05) is 15.6 Å². The van der Waals surface area contributed by atoms with Gasteiger partial charge in [-0.1, -0.05) is 41.4 Å². The maximum atomic E-state index is 11.7.